The van der Waals surface area contributed by atoms with Gasteiger partial charge in [0.1, 0.15) is 5.75 Å². The molecule has 0 aliphatic heterocycles. The molecule has 2 atom stereocenters. The molecular weight excluding hydrogens is 272 g/mol. The lowest BCUT2D eigenvalue weighted by atomic mass is 9.88. The number of aromatic carboxylic acids is 1. The van der Waals surface area contributed by atoms with Crippen LogP contribution < -0.4 is 4.74 Å². The molecule has 4 heteroatoms. The molecule has 0 aromatic carbocycles. The van der Waals surface area contributed by atoms with Gasteiger partial charge in [-0.25, -0.2) is 4.79 Å². The van der Waals surface area contributed by atoms with Gasteiger partial charge in [-0.05, 0) is 36.7 Å². The van der Waals surface area contributed by atoms with Crippen molar-refractivity contribution in [3.05, 3.63) is 15.8 Å². The zero-order valence-electron chi connectivity index (χ0n) is 12.7. The summed E-state index contributed by atoms with van der Waals surface area (Å²) in [6, 6.07) is 1.92. The number of hydrogen-bond donors (Lipinski definition) is 1. The molecule has 0 spiro atoms. The lowest BCUT2D eigenvalue weighted by Crippen LogP contribution is -2.24. The fraction of sp³-hybridized carbons (Fsp3) is 0.688. The molecule has 1 aliphatic carbocycles. The molecule has 20 heavy (non-hydrogen) atoms. The smallest absolute Gasteiger partial charge is 0.349 e. The second kappa shape index (κ2) is 5.76. The van der Waals surface area contributed by atoms with Crippen LogP contribution in [-0.4, -0.2) is 17.2 Å². The molecule has 2 unspecified atom stereocenters. The quantitative estimate of drug-likeness (QED) is 0.879. The normalized spacial score (nSPS) is 23.6. The van der Waals surface area contributed by atoms with Crippen LogP contribution in [0.25, 0.3) is 0 Å². The summed E-state index contributed by atoms with van der Waals surface area (Å²) in [5.74, 6) is 0.346. The van der Waals surface area contributed by atoms with E-state index in [1.165, 1.54) is 24.2 Å². The topological polar surface area (TPSA) is 46.5 Å². The van der Waals surface area contributed by atoms with E-state index in [0.29, 0.717) is 16.5 Å². The molecule has 2 rings (SSSR count). The van der Waals surface area contributed by atoms with Crippen LogP contribution in [0.2, 0.25) is 0 Å². The first-order valence-electron chi connectivity index (χ1n) is 7.31. The Kier molecular flexibility index (Phi) is 4.43. The first-order valence-corrected chi connectivity index (χ1v) is 8.13. The van der Waals surface area contributed by atoms with Gasteiger partial charge in [0.25, 0.3) is 0 Å². The number of carboxylic acids is 1. The van der Waals surface area contributed by atoms with E-state index < -0.39 is 5.97 Å². The summed E-state index contributed by atoms with van der Waals surface area (Å²) in [4.78, 5) is 12.8. The molecule has 0 saturated heterocycles. The first-order chi connectivity index (χ1) is 9.27. The van der Waals surface area contributed by atoms with Crippen molar-refractivity contribution in [1.29, 1.82) is 0 Å². The van der Waals surface area contributed by atoms with Crippen molar-refractivity contribution in [2.75, 3.05) is 0 Å². The Morgan fingerprint density at radius 1 is 1.40 bits per heavy atom. The SMILES string of the molecule is CC1CCCC(Oc2cc(C(C)(C)C)sc2C(=O)O)C1. The third-order valence-electron chi connectivity index (χ3n) is 3.81. The minimum absolute atomic E-state index is 0.0453. The monoisotopic (exact) mass is 296 g/mol. The van der Waals surface area contributed by atoms with E-state index >= 15 is 0 Å². The third-order valence-corrected chi connectivity index (χ3v) is 5.34. The van der Waals surface area contributed by atoms with Crippen LogP contribution in [0.4, 0.5) is 0 Å². The van der Waals surface area contributed by atoms with Crippen LogP contribution >= 0.6 is 11.3 Å². The van der Waals surface area contributed by atoms with Crippen LogP contribution in [0, 0.1) is 5.92 Å². The summed E-state index contributed by atoms with van der Waals surface area (Å²) < 4.78 is 6.02. The Labute approximate surface area is 125 Å². The van der Waals surface area contributed by atoms with Crippen LogP contribution in [0.1, 0.15) is 67.9 Å². The Morgan fingerprint density at radius 3 is 2.65 bits per heavy atom. The van der Waals surface area contributed by atoms with E-state index in [1.807, 2.05) is 6.07 Å². The van der Waals surface area contributed by atoms with Gasteiger partial charge in [-0.1, -0.05) is 34.1 Å². The molecule has 1 aromatic heterocycles. The summed E-state index contributed by atoms with van der Waals surface area (Å²) in [5.41, 5.74) is -0.0453. The highest BCUT2D eigenvalue weighted by Gasteiger charge is 2.27. The zero-order chi connectivity index (χ0) is 14.9. The Bertz CT molecular complexity index is 484. The van der Waals surface area contributed by atoms with E-state index in [0.717, 1.165) is 17.7 Å². The van der Waals surface area contributed by atoms with Crippen LogP contribution in [0.3, 0.4) is 0 Å². The van der Waals surface area contributed by atoms with Crippen molar-refractivity contribution in [2.45, 2.75) is 64.9 Å². The van der Waals surface area contributed by atoms with Gasteiger partial charge in [0.15, 0.2) is 4.88 Å². The van der Waals surface area contributed by atoms with Gasteiger partial charge in [0, 0.05) is 4.88 Å². The molecule has 0 radical (unpaired) electrons. The second-order valence-corrected chi connectivity index (χ2v) is 7.92. The van der Waals surface area contributed by atoms with Crippen molar-refractivity contribution in [3.8, 4) is 5.75 Å². The van der Waals surface area contributed by atoms with Gasteiger partial charge >= 0.3 is 5.97 Å². The summed E-state index contributed by atoms with van der Waals surface area (Å²) in [6.45, 7) is 8.52. The van der Waals surface area contributed by atoms with Crippen molar-refractivity contribution in [1.82, 2.24) is 0 Å². The van der Waals surface area contributed by atoms with Gasteiger partial charge < -0.3 is 9.84 Å². The first kappa shape index (κ1) is 15.4. The number of carboxylic acid groups (broad SMARTS) is 1. The predicted molar refractivity (Wildman–Crippen MR) is 82.0 cm³/mol. The van der Waals surface area contributed by atoms with Crippen LogP contribution in [0.5, 0.6) is 5.75 Å². The number of thiophene rings is 1. The van der Waals surface area contributed by atoms with E-state index in [4.69, 9.17) is 4.74 Å². The maximum absolute atomic E-state index is 11.4. The summed E-state index contributed by atoms with van der Waals surface area (Å²) in [6.07, 6.45) is 4.65. The van der Waals surface area contributed by atoms with Crippen molar-refractivity contribution < 1.29 is 14.6 Å². The molecule has 1 saturated carbocycles. The molecule has 1 heterocycles. The molecular formula is C16H24O3S. The Balaban J connectivity index is 2.21. The average Bonchev–Trinajstić information content (AvgIpc) is 2.72. The van der Waals surface area contributed by atoms with Gasteiger partial charge in [-0.15, -0.1) is 11.3 Å². The highest BCUT2D eigenvalue weighted by molar-refractivity contribution is 7.14. The zero-order valence-corrected chi connectivity index (χ0v) is 13.5. The number of ether oxygens (including phenoxy) is 1. The number of carbonyl (C=O) groups is 1. The van der Waals surface area contributed by atoms with Crippen molar-refractivity contribution in [2.24, 2.45) is 5.92 Å². The predicted octanol–water partition coefficient (Wildman–Crippen LogP) is 4.70. The molecule has 1 N–H and O–H groups in total. The van der Waals surface area contributed by atoms with Crippen LogP contribution in [0.15, 0.2) is 6.07 Å². The molecule has 112 valence electrons. The largest absolute Gasteiger partial charge is 0.489 e. The Morgan fingerprint density at radius 2 is 2.10 bits per heavy atom. The van der Waals surface area contributed by atoms with Gasteiger partial charge in [0.2, 0.25) is 0 Å². The summed E-state index contributed by atoms with van der Waals surface area (Å²) >= 11 is 1.34. The lowest BCUT2D eigenvalue weighted by molar-refractivity contribution is 0.0690. The van der Waals surface area contributed by atoms with Crippen molar-refractivity contribution in [3.63, 3.8) is 0 Å². The molecule has 0 bridgehead atoms. The van der Waals surface area contributed by atoms with Crippen molar-refractivity contribution >= 4 is 17.3 Å². The summed E-state index contributed by atoms with van der Waals surface area (Å²) in [5, 5.41) is 9.36. The summed E-state index contributed by atoms with van der Waals surface area (Å²) in [7, 11) is 0. The molecule has 1 aromatic rings. The molecule has 1 fully saturated rings. The van der Waals surface area contributed by atoms with E-state index in [1.54, 1.807) is 0 Å². The highest BCUT2D eigenvalue weighted by Crippen LogP contribution is 2.38. The average molecular weight is 296 g/mol. The third kappa shape index (κ3) is 3.54. The van der Waals surface area contributed by atoms with E-state index in [9.17, 15) is 9.90 Å². The fourth-order valence-electron chi connectivity index (χ4n) is 2.65. The Hall–Kier alpha value is -1.03. The standard InChI is InChI=1S/C16H24O3S/c1-10-6-5-7-11(8-10)19-12-9-13(16(2,3)4)20-14(12)15(17)18/h9-11H,5-8H2,1-4H3,(H,17,18). The fourth-order valence-corrected chi connectivity index (χ4v) is 3.63. The highest BCUT2D eigenvalue weighted by atomic mass is 32.1. The maximum Gasteiger partial charge on any atom is 0.349 e. The second-order valence-electron chi connectivity index (χ2n) is 6.87. The molecule has 3 nitrogen and oxygen atoms in total. The van der Waals surface area contributed by atoms with E-state index in [-0.39, 0.29) is 11.5 Å². The number of rotatable bonds is 3. The molecule has 0 amide bonds. The lowest BCUT2D eigenvalue weighted by Gasteiger charge is -2.27. The minimum Gasteiger partial charge on any atom is -0.489 e. The van der Waals surface area contributed by atoms with Gasteiger partial charge in [-0.3, -0.25) is 0 Å². The maximum atomic E-state index is 11.4. The minimum atomic E-state index is -0.885. The number of hydrogen-bond acceptors (Lipinski definition) is 3. The van der Waals surface area contributed by atoms with Crippen LogP contribution in [-0.2, 0) is 5.41 Å². The molecule has 1 aliphatic rings. The van der Waals surface area contributed by atoms with E-state index in [2.05, 4.69) is 27.7 Å². The van der Waals surface area contributed by atoms with Gasteiger partial charge in [0.05, 0.1) is 6.10 Å². The van der Waals surface area contributed by atoms with Gasteiger partial charge in [-0.2, -0.15) is 0 Å².